The summed E-state index contributed by atoms with van der Waals surface area (Å²) in [6.45, 7) is 4.02. The van der Waals surface area contributed by atoms with Crippen LogP contribution in [-0.4, -0.2) is 81.5 Å². The number of carbonyl (C=O) groups is 3. The Morgan fingerprint density at radius 1 is 0.976 bits per heavy atom. The third-order valence-electron chi connectivity index (χ3n) is 6.27. The van der Waals surface area contributed by atoms with Gasteiger partial charge in [0.1, 0.15) is 12.4 Å². The molecule has 41 heavy (non-hydrogen) atoms. The Balaban J connectivity index is 0.000000302. The summed E-state index contributed by atoms with van der Waals surface area (Å²) in [6, 6.07) is 14.3. The smallest absolute Gasteiger partial charge is 0.336 e. The summed E-state index contributed by atoms with van der Waals surface area (Å²) >= 11 is 0. The SMILES string of the molecule is C#CCOc1ccc(CN(Cc2ccc3c(c2)OCO3)CC2CCCO2)cc1.O=C(O)CC(O)(CC(=O)O)C(=O)O. The molecule has 0 aromatic heterocycles. The van der Waals surface area contributed by atoms with Crippen LogP contribution in [0.15, 0.2) is 42.5 Å². The van der Waals surface area contributed by atoms with Crippen LogP contribution < -0.4 is 14.2 Å². The van der Waals surface area contributed by atoms with Gasteiger partial charge < -0.3 is 39.4 Å². The van der Waals surface area contributed by atoms with Gasteiger partial charge in [0.15, 0.2) is 17.1 Å². The Morgan fingerprint density at radius 3 is 2.20 bits per heavy atom. The third kappa shape index (κ3) is 9.99. The highest BCUT2D eigenvalue weighted by atomic mass is 16.7. The Hall–Kier alpha value is -4.31. The lowest BCUT2D eigenvalue weighted by Gasteiger charge is -2.25. The molecule has 1 fully saturated rings. The molecule has 12 heteroatoms. The van der Waals surface area contributed by atoms with Crippen molar-refractivity contribution in [3.8, 4) is 29.6 Å². The molecule has 0 aliphatic carbocycles. The van der Waals surface area contributed by atoms with Gasteiger partial charge >= 0.3 is 17.9 Å². The largest absolute Gasteiger partial charge is 0.481 e. The van der Waals surface area contributed by atoms with Crippen LogP contribution in [0.2, 0.25) is 0 Å². The van der Waals surface area contributed by atoms with Crippen molar-refractivity contribution in [3.63, 3.8) is 0 Å². The highest BCUT2D eigenvalue weighted by Crippen LogP contribution is 2.33. The number of aliphatic carboxylic acids is 3. The predicted molar refractivity (Wildman–Crippen MR) is 144 cm³/mol. The summed E-state index contributed by atoms with van der Waals surface area (Å²) in [5, 5.41) is 33.8. The van der Waals surface area contributed by atoms with E-state index in [1.54, 1.807) is 0 Å². The van der Waals surface area contributed by atoms with E-state index >= 15 is 0 Å². The van der Waals surface area contributed by atoms with Crippen LogP contribution in [0.25, 0.3) is 0 Å². The highest BCUT2D eigenvalue weighted by molar-refractivity contribution is 5.88. The maximum Gasteiger partial charge on any atom is 0.336 e. The van der Waals surface area contributed by atoms with Crippen molar-refractivity contribution >= 4 is 17.9 Å². The van der Waals surface area contributed by atoms with Crippen LogP contribution in [0.3, 0.4) is 0 Å². The van der Waals surface area contributed by atoms with Gasteiger partial charge in [0.25, 0.3) is 0 Å². The molecule has 1 atom stereocenters. The first-order valence-electron chi connectivity index (χ1n) is 12.8. The maximum atomic E-state index is 10.3. The van der Waals surface area contributed by atoms with Crippen LogP contribution in [0.1, 0.15) is 36.8 Å². The summed E-state index contributed by atoms with van der Waals surface area (Å²) in [5.41, 5.74) is -0.305. The number of carboxylic acids is 3. The fourth-order valence-corrected chi connectivity index (χ4v) is 4.35. The number of benzene rings is 2. The number of rotatable bonds is 13. The molecular formula is C29H33NO11. The van der Waals surface area contributed by atoms with Crippen molar-refractivity contribution in [2.45, 2.75) is 50.5 Å². The zero-order chi connectivity index (χ0) is 29.8. The van der Waals surface area contributed by atoms with E-state index in [0.717, 1.165) is 56.3 Å². The van der Waals surface area contributed by atoms with Crippen LogP contribution in [0.4, 0.5) is 0 Å². The molecule has 2 aromatic carbocycles. The van der Waals surface area contributed by atoms with E-state index in [1.165, 1.54) is 11.1 Å². The molecule has 0 spiro atoms. The van der Waals surface area contributed by atoms with Gasteiger partial charge in [-0.3, -0.25) is 14.5 Å². The zero-order valence-corrected chi connectivity index (χ0v) is 22.4. The quantitative estimate of drug-likeness (QED) is 0.259. The fraction of sp³-hybridized carbons (Fsp3) is 0.414. The van der Waals surface area contributed by atoms with Crippen LogP contribution >= 0.6 is 0 Å². The minimum atomic E-state index is -2.74. The number of terminal acetylenes is 1. The zero-order valence-electron chi connectivity index (χ0n) is 22.4. The number of carboxylic acid groups (broad SMARTS) is 3. The monoisotopic (exact) mass is 571 g/mol. The van der Waals surface area contributed by atoms with E-state index in [1.807, 2.05) is 18.2 Å². The number of ether oxygens (including phenoxy) is 4. The molecule has 0 radical (unpaired) electrons. The van der Waals surface area contributed by atoms with Crippen molar-refractivity contribution in [3.05, 3.63) is 53.6 Å². The molecule has 1 saturated heterocycles. The van der Waals surface area contributed by atoms with Crippen LogP contribution in [-0.2, 0) is 32.2 Å². The lowest BCUT2D eigenvalue weighted by molar-refractivity contribution is -0.170. The Labute approximate surface area is 237 Å². The topological polar surface area (TPSA) is 172 Å². The van der Waals surface area contributed by atoms with Crippen molar-refractivity contribution in [2.24, 2.45) is 0 Å². The number of hydrogen-bond acceptors (Lipinski definition) is 9. The van der Waals surface area contributed by atoms with Crippen molar-refractivity contribution in [2.75, 3.05) is 26.6 Å². The molecule has 0 bridgehead atoms. The standard InChI is InChI=1S/C23H25NO4.C6H8O7/c1-2-11-25-20-8-5-18(6-9-20)14-24(16-21-4-3-12-26-21)15-19-7-10-22-23(13-19)28-17-27-22;7-3(8)1-6(13,5(11)12)2-4(9)10/h1,5-10,13,21H,3-4,11-12,14-17H2;13H,1-2H2,(H,7,8)(H,9,10)(H,11,12). The molecule has 0 saturated carbocycles. The molecule has 12 nitrogen and oxygen atoms in total. The van der Waals surface area contributed by atoms with Gasteiger partial charge in [-0.05, 0) is 48.2 Å². The minimum absolute atomic E-state index is 0.286. The van der Waals surface area contributed by atoms with E-state index in [9.17, 15) is 14.4 Å². The molecule has 2 aliphatic heterocycles. The number of nitrogens with zero attached hydrogens (tertiary/aromatic N) is 1. The second-order valence-electron chi connectivity index (χ2n) is 9.61. The van der Waals surface area contributed by atoms with Gasteiger partial charge in [-0.15, -0.1) is 6.42 Å². The summed E-state index contributed by atoms with van der Waals surface area (Å²) in [4.78, 5) is 32.9. The highest BCUT2D eigenvalue weighted by Gasteiger charge is 2.40. The van der Waals surface area contributed by atoms with Crippen molar-refractivity contribution in [1.82, 2.24) is 4.90 Å². The summed E-state index contributed by atoms with van der Waals surface area (Å²) in [6.07, 6.45) is 5.52. The van der Waals surface area contributed by atoms with Crippen molar-refractivity contribution in [1.29, 1.82) is 0 Å². The third-order valence-corrected chi connectivity index (χ3v) is 6.27. The Morgan fingerprint density at radius 2 is 1.61 bits per heavy atom. The van der Waals surface area contributed by atoms with Gasteiger partial charge in [-0.25, -0.2) is 4.79 Å². The normalized spacial score (nSPS) is 15.5. The summed E-state index contributed by atoms with van der Waals surface area (Å²) in [7, 11) is 0. The Kier molecular flexibility index (Phi) is 11.3. The van der Waals surface area contributed by atoms with E-state index in [4.69, 9.17) is 45.8 Å². The number of aliphatic hydroxyl groups is 1. The Bertz CT molecular complexity index is 1220. The molecule has 2 aromatic rings. The molecule has 4 rings (SSSR count). The maximum absolute atomic E-state index is 10.3. The summed E-state index contributed by atoms with van der Waals surface area (Å²) < 4.78 is 22.3. The van der Waals surface area contributed by atoms with E-state index in [2.05, 4.69) is 35.1 Å². The molecule has 0 amide bonds. The molecule has 1 unspecified atom stereocenters. The molecular weight excluding hydrogens is 538 g/mol. The first kappa shape index (κ1) is 31.2. The van der Waals surface area contributed by atoms with Gasteiger partial charge in [0.2, 0.25) is 6.79 Å². The van der Waals surface area contributed by atoms with Crippen LogP contribution in [0.5, 0.6) is 17.2 Å². The average molecular weight is 572 g/mol. The first-order chi connectivity index (χ1) is 19.6. The first-order valence-corrected chi connectivity index (χ1v) is 12.8. The second-order valence-corrected chi connectivity index (χ2v) is 9.61. The minimum Gasteiger partial charge on any atom is -0.481 e. The lowest BCUT2D eigenvalue weighted by Crippen LogP contribution is -2.42. The lowest BCUT2D eigenvalue weighted by atomic mass is 9.96. The fourth-order valence-electron chi connectivity index (χ4n) is 4.35. The molecule has 4 N–H and O–H groups in total. The molecule has 220 valence electrons. The van der Waals surface area contributed by atoms with Crippen LogP contribution in [0, 0.1) is 12.3 Å². The van der Waals surface area contributed by atoms with E-state index < -0.39 is 36.4 Å². The summed E-state index contributed by atoms with van der Waals surface area (Å²) in [5.74, 6) is -0.0991. The van der Waals surface area contributed by atoms with Gasteiger partial charge in [-0.2, -0.15) is 0 Å². The predicted octanol–water partition coefficient (Wildman–Crippen LogP) is 2.36. The van der Waals surface area contributed by atoms with Crippen molar-refractivity contribution < 1.29 is 53.8 Å². The molecule has 2 aliphatic rings. The van der Waals surface area contributed by atoms with Gasteiger partial charge in [0.05, 0.1) is 18.9 Å². The average Bonchev–Trinajstić information content (AvgIpc) is 3.59. The van der Waals surface area contributed by atoms with E-state index in [-0.39, 0.29) is 6.61 Å². The van der Waals surface area contributed by atoms with Gasteiger partial charge in [0, 0.05) is 26.2 Å². The second kappa shape index (κ2) is 14.9. The molecule has 2 heterocycles. The number of hydrogen-bond donors (Lipinski definition) is 4. The van der Waals surface area contributed by atoms with E-state index in [0.29, 0.717) is 12.9 Å². The number of fused-ring (bicyclic) bond motifs is 1. The van der Waals surface area contributed by atoms with Gasteiger partial charge in [-0.1, -0.05) is 24.1 Å².